The first-order valence-electron chi connectivity index (χ1n) is 6.46. The zero-order chi connectivity index (χ0) is 13.9. The highest BCUT2D eigenvalue weighted by atomic mass is 16.5. The van der Waals surface area contributed by atoms with Crippen LogP contribution in [0.2, 0.25) is 0 Å². The molecule has 0 heterocycles. The standard InChI is InChI=1S/C17H20O2/c1-17(2,3)14-7-9-16(10-8-14)19-12-13-5-4-6-15(18)11-13/h4-11,18H,12H2,1-3H3. The zero-order valence-electron chi connectivity index (χ0n) is 11.7. The maximum absolute atomic E-state index is 9.38. The average Bonchev–Trinajstić information content (AvgIpc) is 2.36. The highest BCUT2D eigenvalue weighted by Gasteiger charge is 2.12. The molecule has 0 aliphatic carbocycles. The lowest BCUT2D eigenvalue weighted by Crippen LogP contribution is -2.10. The average molecular weight is 256 g/mol. The molecule has 1 N–H and O–H groups in total. The molecule has 100 valence electrons. The molecule has 0 saturated heterocycles. The van der Waals surface area contributed by atoms with Gasteiger partial charge in [-0.15, -0.1) is 0 Å². The van der Waals surface area contributed by atoms with Gasteiger partial charge in [0.25, 0.3) is 0 Å². The summed E-state index contributed by atoms with van der Waals surface area (Å²) >= 11 is 0. The molecule has 0 bridgehead atoms. The Hall–Kier alpha value is -1.96. The van der Waals surface area contributed by atoms with Crippen molar-refractivity contribution in [2.75, 3.05) is 0 Å². The predicted molar refractivity (Wildman–Crippen MR) is 77.6 cm³/mol. The van der Waals surface area contributed by atoms with Crippen LogP contribution in [-0.2, 0) is 12.0 Å². The SMILES string of the molecule is CC(C)(C)c1ccc(OCc2cccc(O)c2)cc1. The number of phenolic OH excluding ortho intramolecular Hbond substituents is 1. The Bertz CT molecular complexity index is 536. The van der Waals surface area contributed by atoms with Gasteiger partial charge in [0, 0.05) is 0 Å². The first-order valence-corrected chi connectivity index (χ1v) is 6.46. The van der Waals surface area contributed by atoms with E-state index in [4.69, 9.17) is 4.74 Å². The number of benzene rings is 2. The second-order valence-electron chi connectivity index (χ2n) is 5.73. The summed E-state index contributed by atoms with van der Waals surface area (Å²) < 4.78 is 5.70. The molecule has 0 aliphatic heterocycles. The number of rotatable bonds is 3. The summed E-state index contributed by atoms with van der Waals surface area (Å²) in [6.45, 7) is 7.03. The zero-order valence-corrected chi connectivity index (χ0v) is 11.7. The van der Waals surface area contributed by atoms with Gasteiger partial charge in [-0.25, -0.2) is 0 Å². The molecule has 0 aromatic heterocycles. The molecule has 2 nitrogen and oxygen atoms in total. The fraction of sp³-hybridized carbons (Fsp3) is 0.294. The molecule has 0 unspecified atom stereocenters. The van der Waals surface area contributed by atoms with Crippen LogP contribution in [0.3, 0.4) is 0 Å². The van der Waals surface area contributed by atoms with E-state index >= 15 is 0 Å². The third-order valence-corrected chi connectivity index (χ3v) is 3.04. The Kier molecular flexibility index (Phi) is 3.79. The van der Waals surface area contributed by atoms with Gasteiger partial charge in [0.15, 0.2) is 0 Å². The molecule has 2 heteroatoms. The van der Waals surface area contributed by atoms with Crippen LogP contribution < -0.4 is 4.74 Å². The lowest BCUT2D eigenvalue weighted by molar-refractivity contribution is 0.305. The fourth-order valence-electron chi connectivity index (χ4n) is 1.86. The Morgan fingerprint density at radius 1 is 1.00 bits per heavy atom. The van der Waals surface area contributed by atoms with Gasteiger partial charge in [-0.05, 0) is 40.8 Å². The van der Waals surface area contributed by atoms with Crippen LogP contribution in [0.5, 0.6) is 11.5 Å². The smallest absolute Gasteiger partial charge is 0.119 e. The summed E-state index contributed by atoms with van der Waals surface area (Å²) in [6.07, 6.45) is 0. The van der Waals surface area contributed by atoms with E-state index in [1.54, 1.807) is 12.1 Å². The second-order valence-corrected chi connectivity index (χ2v) is 5.73. The Labute approximate surface area is 114 Å². The number of aromatic hydroxyl groups is 1. The van der Waals surface area contributed by atoms with Crippen LogP contribution in [0.4, 0.5) is 0 Å². The van der Waals surface area contributed by atoms with Gasteiger partial charge in [0.05, 0.1) is 0 Å². The van der Waals surface area contributed by atoms with Crippen LogP contribution in [0.15, 0.2) is 48.5 Å². The quantitative estimate of drug-likeness (QED) is 0.888. The van der Waals surface area contributed by atoms with Crippen LogP contribution in [0, 0.1) is 0 Å². The highest BCUT2D eigenvalue weighted by Crippen LogP contribution is 2.24. The normalized spacial score (nSPS) is 11.3. The van der Waals surface area contributed by atoms with Crippen LogP contribution >= 0.6 is 0 Å². The molecule has 0 saturated carbocycles. The molecular formula is C17H20O2. The Balaban J connectivity index is 2.01. The molecule has 2 rings (SSSR count). The van der Waals surface area contributed by atoms with Crippen LogP contribution in [-0.4, -0.2) is 5.11 Å². The van der Waals surface area contributed by atoms with Gasteiger partial charge in [0.2, 0.25) is 0 Å². The van der Waals surface area contributed by atoms with Gasteiger partial charge in [-0.1, -0.05) is 45.0 Å². The van der Waals surface area contributed by atoms with Crippen molar-refractivity contribution < 1.29 is 9.84 Å². The first-order chi connectivity index (χ1) is 8.95. The second kappa shape index (κ2) is 5.35. The van der Waals surface area contributed by atoms with Crippen molar-refractivity contribution in [3.63, 3.8) is 0 Å². The largest absolute Gasteiger partial charge is 0.508 e. The lowest BCUT2D eigenvalue weighted by atomic mass is 9.87. The molecule has 0 atom stereocenters. The van der Waals surface area contributed by atoms with E-state index in [9.17, 15) is 5.11 Å². The van der Waals surface area contributed by atoms with E-state index in [-0.39, 0.29) is 11.2 Å². The summed E-state index contributed by atoms with van der Waals surface area (Å²) in [5.41, 5.74) is 2.40. The van der Waals surface area contributed by atoms with Gasteiger partial charge in [-0.2, -0.15) is 0 Å². The third kappa shape index (κ3) is 3.75. The van der Waals surface area contributed by atoms with Crippen LogP contribution in [0.1, 0.15) is 31.9 Å². The van der Waals surface area contributed by atoms with Crippen molar-refractivity contribution in [1.29, 1.82) is 0 Å². The van der Waals surface area contributed by atoms with Crippen molar-refractivity contribution in [2.45, 2.75) is 32.8 Å². The van der Waals surface area contributed by atoms with Crippen molar-refractivity contribution >= 4 is 0 Å². The maximum Gasteiger partial charge on any atom is 0.119 e. The summed E-state index contributed by atoms with van der Waals surface area (Å²) in [6, 6.07) is 15.3. The van der Waals surface area contributed by atoms with E-state index < -0.39 is 0 Å². The number of ether oxygens (including phenoxy) is 1. The minimum absolute atomic E-state index is 0.156. The molecule has 0 fully saturated rings. The minimum Gasteiger partial charge on any atom is -0.508 e. The van der Waals surface area contributed by atoms with E-state index in [1.165, 1.54) is 5.56 Å². The highest BCUT2D eigenvalue weighted by molar-refractivity contribution is 5.32. The van der Waals surface area contributed by atoms with Crippen molar-refractivity contribution in [1.82, 2.24) is 0 Å². The van der Waals surface area contributed by atoms with Gasteiger partial charge < -0.3 is 9.84 Å². The number of hydrogen-bond donors (Lipinski definition) is 1. The molecule has 0 amide bonds. The molecule has 2 aromatic rings. The molecule has 19 heavy (non-hydrogen) atoms. The predicted octanol–water partition coefficient (Wildman–Crippen LogP) is 4.27. The minimum atomic E-state index is 0.156. The Morgan fingerprint density at radius 2 is 1.68 bits per heavy atom. The molecule has 0 radical (unpaired) electrons. The van der Waals surface area contributed by atoms with E-state index in [1.807, 2.05) is 24.3 Å². The topological polar surface area (TPSA) is 29.5 Å². The Morgan fingerprint density at radius 3 is 2.26 bits per heavy atom. The third-order valence-electron chi connectivity index (χ3n) is 3.04. The molecule has 0 aliphatic rings. The lowest BCUT2D eigenvalue weighted by Gasteiger charge is -2.19. The number of phenols is 1. The van der Waals surface area contributed by atoms with Crippen LogP contribution in [0.25, 0.3) is 0 Å². The fourth-order valence-corrected chi connectivity index (χ4v) is 1.86. The van der Waals surface area contributed by atoms with E-state index in [2.05, 4.69) is 32.9 Å². The van der Waals surface area contributed by atoms with Crippen molar-refractivity contribution in [2.24, 2.45) is 0 Å². The molecule has 0 spiro atoms. The van der Waals surface area contributed by atoms with Crippen molar-refractivity contribution in [3.8, 4) is 11.5 Å². The van der Waals surface area contributed by atoms with Crippen molar-refractivity contribution in [3.05, 3.63) is 59.7 Å². The maximum atomic E-state index is 9.38. The molecular weight excluding hydrogens is 236 g/mol. The van der Waals surface area contributed by atoms with Gasteiger partial charge in [0.1, 0.15) is 18.1 Å². The molecule has 2 aromatic carbocycles. The summed E-state index contributed by atoms with van der Waals surface area (Å²) in [4.78, 5) is 0. The number of hydrogen-bond acceptors (Lipinski definition) is 2. The summed E-state index contributed by atoms with van der Waals surface area (Å²) in [7, 11) is 0. The summed E-state index contributed by atoms with van der Waals surface area (Å²) in [5.74, 6) is 1.11. The van der Waals surface area contributed by atoms with E-state index in [0.717, 1.165) is 11.3 Å². The monoisotopic (exact) mass is 256 g/mol. The van der Waals surface area contributed by atoms with E-state index in [0.29, 0.717) is 6.61 Å². The summed E-state index contributed by atoms with van der Waals surface area (Å²) in [5, 5.41) is 9.38. The van der Waals surface area contributed by atoms with Gasteiger partial charge >= 0.3 is 0 Å². The van der Waals surface area contributed by atoms with Gasteiger partial charge in [-0.3, -0.25) is 0 Å². The first kappa shape index (κ1) is 13.5.